The molecule has 1 aliphatic rings. The number of benzene rings is 1. The zero-order valence-corrected chi connectivity index (χ0v) is 13.6. The Bertz CT molecular complexity index is 367. The Balaban J connectivity index is 1.69. The van der Waals surface area contributed by atoms with Crippen molar-refractivity contribution in [1.82, 2.24) is 10.2 Å². The summed E-state index contributed by atoms with van der Waals surface area (Å²) in [7, 11) is 0. The second-order valence-electron chi connectivity index (χ2n) is 5.98. The second kappa shape index (κ2) is 7.41. The molecule has 0 saturated carbocycles. The Labute approximate surface area is 125 Å². The molecule has 1 saturated heterocycles. The van der Waals surface area contributed by atoms with Crippen molar-refractivity contribution in [2.24, 2.45) is 5.92 Å². The molecule has 1 fully saturated rings. The van der Waals surface area contributed by atoms with Crippen molar-refractivity contribution in [2.75, 3.05) is 19.6 Å². The highest BCUT2D eigenvalue weighted by Gasteiger charge is 2.18. The predicted molar refractivity (Wildman–Crippen MR) is 85.3 cm³/mol. The quantitative estimate of drug-likeness (QED) is 0.889. The fourth-order valence-electron chi connectivity index (χ4n) is 2.70. The van der Waals surface area contributed by atoms with Crippen LogP contribution in [0.15, 0.2) is 28.7 Å². The number of nitrogens with one attached hydrogen (secondary N) is 1. The highest BCUT2D eigenvalue weighted by atomic mass is 79.9. The van der Waals surface area contributed by atoms with Crippen molar-refractivity contribution in [3.8, 4) is 0 Å². The largest absolute Gasteiger partial charge is 0.310 e. The highest BCUT2D eigenvalue weighted by molar-refractivity contribution is 9.10. The lowest BCUT2D eigenvalue weighted by atomic mass is 10.0. The van der Waals surface area contributed by atoms with Gasteiger partial charge in [-0.15, -0.1) is 0 Å². The van der Waals surface area contributed by atoms with Gasteiger partial charge < -0.3 is 10.2 Å². The van der Waals surface area contributed by atoms with E-state index in [-0.39, 0.29) is 0 Å². The van der Waals surface area contributed by atoms with Crippen LogP contribution in [0.2, 0.25) is 0 Å². The molecule has 1 aromatic carbocycles. The molecule has 0 radical (unpaired) electrons. The number of hydrogen-bond donors (Lipinski definition) is 1. The molecule has 3 heteroatoms. The van der Waals surface area contributed by atoms with Gasteiger partial charge in [-0.25, -0.2) is 0 Å². The van der Waals surface area contributed by atoms with Gasteiger partial charge in [0.15, 0.2) is 0 Å². The van der Waals surface area contributed by atoms with Gasteiger partial charge in [-0.05, 0) is 49.5 Å². The molecule has 106 valence electrons. The van der Waals surface area contributed by atoms with Gasteiger partial charge >= 0.3 is 0 Å². The molecule has 0 bridgehead atoms. The van der Waals surface area contributed by atoms with Gasteiger partial charge in [-0.2, -0.15) is 0 Å². The van der Waals surface area contributed by atoms with Crippen LogP contribution in [-0.4, -0.2) is 30.6 Å². The van der Waals surface area contributed by atoms with E-state index >= 15 is 0 Å². The van der Waals surface area contributed by atoms with Gasteiger partial charge in [0.1, 0.15) is 0 Å². The molecule has 1 N–H and O–H groups in total. The van der Waals surface area contributed by atoms with Crippen LogP contribution in [0.4, 0.5) is 0 Å². The van der Waals surface area contributed by atoms with Gasteiger partial charge in [0.25, 0.3) is 0 Å². The third-order valence-corrected chi connectivity index (χ3v) is 4.25. The van der Waals surface area contributed by atoms with Gasteiger partial charge in [0.05, 0.1) is 0 Å². The predicted octanol–water partition coefficient (Wildman–Crippen LogP) is 3.66. The molecule has 1 heterocycles. The molecule has 0 amide bonds. The van der Waals surface area contributed by atoms with Crippen LogP contribution in [-0.2, 0) is 6.54 Å². The Morgan fingerprint density at radius 3 is 2.42 bits per heavy atom. The minimum atomic E-state index is 0.687. The Hall–Kier alpha value is -0.380. The molecule has 0 aromatic heterocycles. The van der Waals surface area contributed by atoms with E-state index in [9.17, 15) is 0 Å². The number of piperidine rings is 1. The molecule has 0 spiro atoms. The maximum atomic E-state index is 3.69. The Morgan fingerprint density at radius 2 is 1.84 bits per heavy atom. The molecular formula is C16H25BrN2. The summed E-state index contributed by atoms with van der Waals surface area (Å²) in [4.78, 5) is 2.60. The molecule has 2 nitrogen and oxygen atoms in total. The zero-order valence-electron chi connectivity index (χ0n) is 12.0. The molecule has 1 aliphatic heterocycles. The van der Waals surface area contributed by atoms with Crippen molar-refractivity contribution in [2.45, 2.75) is 39.3 Å². The second-order valence-corrected chi connectivity index (χ2v) is 6.89. The highest BCUT2D eigenvalue weighted by Crippen LogP contribution is 2.14. The van der Waals surface area contributed by atoms with E-state index in [0.717, 1.165) is 16.9 Å². The normalized spacial score (nSPS) is 18.1. The van der Waals surface area contributed by atoms with E-state index in [1.807, 2.05) is 0 Å². The van der Waals surface area contributed by atoms with Gasteiger partial charge in [-0.1, -0.05) is 41.9 Å². The number of hydrogen-bond acceptors (Lipinski definition) is 2. The lowest BCUT2D eigenvalue weighted by molar-refractivity contribution is 0.179. The molecule has 0 atom stereocenters. The molecule has 2 rings (SSSR count). The number of likely N-dealkylation sites (tertiary alicyclic amines) is 1. The summed E-state index contributed by atoms with van der Waals surface area (Å²) in [6.07, 6.45) is 2.56. The summed E-state index contributed by atoms with van der Waals surface area (Å²) in [5.41, 5.74) is 1.37. The molecule has 1 aromatic rings. The first-order valence-electron chi connectivity index (χ1n) is 7.33. The topological polar surface area (TPSA) is 15.3 Å². The molecule has 19 heavy (non-hydrogen) atoms. The average molecular weight is 325 g/mol. The van der Waals surface area contributed by atoms with Crippen molar-refractivity contribution < 1.29 is 0 Å². The van der Waals surface area contributed by atoms with Crippen LogP contribution >= 0.6 is 15.9 Å². The van der Waals surface area contributed by atoms with Crippen LogP contribution in [0.3, 0.4) is 0 Å². The average Bonchev–Trinajstić information content (AvgIpc) is 2.39. The minimum Gasteiger partial charge on any atom is -0.310 e. The van der Waals surface area contributed by atoms with Crippen LogP contribution in [0, 0.1) is 5.92 Å². The maximum absolute atomic E-state index is 3.69. The van der Waals surface area contributed by atoms with E-state index in [1.54, 1.807) is 0 Å². The van der Waals surface area contributed by atoms with E-state index in [2.05, 4.69) is 64.3 Å². The van der Waals surface area contributed by atoms with E-state index in [4.69, 9.17) is 0 Å². The summed E-state index contributed by atoms with van der Waals surface area (Å²) in [6, 6.07) is 9.28. The summed E-state index contributed by atoms with van der Waals surface area (Å²) in [5, 5.41) is 3.69. The first-order valence-corrected chi connectivity index (χ1v) is 8.13. The van der Waals surface area contributed by atoms with Gasteiger partial charge in [-0.3, -0.25) is 0 Å². The third kappa shape index (κ3) is 5.25. The first kappa shape index (κ1) is 15.0. The van der Waals surface area contributed by atoms with Crippen LogP contribution in [0.1, 0.15) is 32.3 Å². The SMILES string of the molecule is CC(C)CN1CCC(NCc2ccc(Br)cc2)CC1. The summed E-state index contributed by atoms with van der Waals surface area (Å²) < 4.78 is 1.15. The van der Waals surface area contributed by atoms with E-state index in [0.29, 0.717) is 6.04 Å². The van der Waals surface area contributed by atoms with Gasteiger partial charge in [0, 0.05) is 23.6 Å². The standard InChI is InChI=1S/C16H25BrN2/c1-13(2)12-19-9-7-16(8-10-19)18-11-14-3-5-15(17)6-4-14/h3-6,13,16,18H,7-12H2,1-2H3. The van der Waals surface area contributed by atoms with Crippen LogP contribution in [0.25, 0.3) is 0 Å². The smallest absolute Gasteiger partial charge is 0.0208 e. The zero-order chi connectivity index (χ0) is 13.7. The lowest BCUT2D eigenvalue weighted by Crippen LogP contribution is -2.43. The van der Waals surface area contributed by atoms with Crippen LogP contribution in [0.5, 0.6) is 0 Å². The van der Waals surface area contributed by atoms with Crippen molar-refractivity contribution in [1.29, 1.82) is 0 Å². The fourth-order valence-corrected chi connectivity index (χ4v) is 2.96. The Kier molecular flexibility index (Phi) is 5.86. The number of nitrogens with zero attached hydrogens (tertiary/aromatic N) is 1. The molecule has 0 unspecified atom stereocenters. The van der Waals surface area contributed by atoms with Crippen LogP contribution < -0.4 is 5.32 Å². The first-order chi connectivity index (χ1) is 9.13. The van der Waals surface area contributed by atoms with E-state index in [1.165, 1.54) is 38.0 Å². The Morgan fingerprint density at radius 1 is 1.21 bits per heavy atom. The minimum absolute atomic E-state index is 0.687. The number of halogens is 1. The number of rotatable bonds is 5. The maximum Gasteiger partial charge on any atom is 0.0208 e. The summed E-state index contributed by atoms with van der Waals surface area (Å²) in [6.45, 7) is 9.34. The van der Waals surface area contributed by atoms with Gasteiger partial charge in [0.2, 0.25) is 0 Å². The van der Waals surface area contributed by atoms with Crippen molar-refractivity contribution >= 4 is 15.9 Å². The monoisotopic (exact) mass is 324 g/mol. The van der Waals surface area contributed by atoms with Crippen molar-refractivity contribution in [3.63, 3.8) is 0 Å². The third-order valence-electron chi connectivity index (χ3n) is 3.72. The lowest BCUT2D eigenvalue weighted by Gasteiger charge is -2.33. The van der Waals surface area contributed by atoms with Crippen molar-refractivity contribution in [3.05, 3.63) is 34.3 Å². The molecule has 0 aliphatic carbocycles. The molecular weight excluding hydrogens is 300 g/mol. The fraction of sp³-hybridized carbons (Fsp3) is 0.625. The van der Waals surface area contributed by atoms with E-state index < -0.39 is 0 Å². The summed E-state index contributed by atoms with van der Waals surface area (Å²) in [5.74, 6) is 0.785. The summed E-state index contributed by atoms with van der Waals surface area (Å²) >= 11 is 3.47.